The summed E-state index contributed by atoms with van der Waals surface area (Å²) in [6.45, 7) is 4.23. The highest BCUT2D eigenvalue weighted by molar-refractivity contribution is 9.10. The summed E-state index contributed by atoms with van der Waals surface area (Å²) in [7, 11) is 0. The van der Waals surface area contributed by atoms with Crippen molar-refractivity contribution in [1.29, 1.82) is 0 Å². The molecule has 0 atom stereocenters. The molecule has 2 aromatic rings. The molecular formula is C14H13BrO2S. The fourth-order valence-corrected chi connectivity index (χ4v) is 3.07. The Morgan fingerprint density at radius 1 is 1.44 bits per heavy atom. The highest BCUT2D eigenvalue weighted by atomic mass is 79.9. The summed E-state index contributed by atoms with van der Waals surface area (Å²) in [5.74, 6) is -0.253. The van der Waals surface area contributed by atoms with Crippen molar-refractivity contribution in [3.63, 3.8) is 0 Å². The van der Waals surface area contributed by atoms with E-state index in [2.05, 4.69) is 15.9 Å². The maximum atomic E-state index is 11.9. The van der Waals surface area contributed by atoms with Crippen molar-refractivity contribution in [2.75, 3.05) is 6.61 Å². The number of carbonyl (C=O) groups is 1. The molecule has 0 N–H and O–H groups in total. The molecule has 1 aromatic heterocycles. The van der Waals surface area contributed by atoms with Gasteiger partial charge in [0.15, 0.2) is 0 Å². The lowest BCUT2D eigenvalue weighted by atomic mass is 10.0. The molecule has 0 aliphatic rings. The molecule has 18 heavy (non-hydrogen) atoms. The van der Waals surface area contributed by atoms with Crippen LogP contribution < -0.4 is 0 Å². The predicted octanol–water partition coefficient (Wildman–Crippen LogP) is 4.66. The monoisotopic (exact) mass is 324 g/mol. The number of ether oxygens (including phenoxy) is 1. The van der Waals surface area contributed by atoms with Gasteiger partial charge < -0.3 is 4.74 Å². The summed E-state index contributed by atoms with van der Waals surface area (Å²) >= 11 is 5.02. The molecule has 0 saturated heterocycles. The molecule has 2 rings (SSSR count). The normalized spacial score (nSPS) is 10.4. The van der Waals surface area contributed by atoms with Crippen molar-refractivity contribution in [3.8, 4) is 11.1 Å². The molecule has 4 heteroatoms. The quantitative estimate of drug-likeness (QED) is 0.767. The second kappa shape index (κ2) is 5.67. The number of benzene rings is 1. The zero-order valence-electron chi connectivity index (χ0n) is 10.2. The minimum Gasteiger partial charge on any atom is -0.462 e. The SMILES string of the molecule is CCOC(=O)c1csc(C)c1-c1cccc(Br)c1. The van der Waals surface area contributed by atoms with Gasteiger partial charge in [-0.25, -0.2) is 4.79 Å². The lowest BCUT2D eigenvalue weighted by molar-refractivity contribution is 0.0528. The molecule has 0 bridgehead atoms. The van der Waals surface area contributed by atoms with E-state index in [0.717, 1.165) is 20.5 Å². The van der Waals surface area contributed by atoms with Crippen LogP contribution in [0.4, 0.5) is 0 Å². The van der Waals surface area contributed by atoms with Crippen molar-refractivity contribution in [1.82, 2.24) is 0 Å². The molecule has 0 fully saturated rings. The Kier molecular flexibility index (Phi) is 4.19. The van der Waals surface area contributed by atoms with E-state index in [-0.39, 0.29) is 5.97 Å². The van der Waals surface area contributed by atoms with Crippen LogP contribution in [0.15, 0.2) is 34.1 Å². The molecule has 0 saturated carbocycles. The van der Waals surface area contributed by atoms with Crippen LogP contribution in [0.5, 0.6) is 0 Å². The molecule has 1 aromatic carbocycles. The van der Waals surface area contributed by atoms with Gasteiger partial charge in [0.1, 0.15) is 0 Å². The van der Waals surface area contributed by atoms with Crippen molar-refractivity contribution in [2.24, 2.45) is 0 Å². The average molecular weight is 325 g/mol. The van der Waals surface area contributed by atoms with Crippen LogP contribution in [0.1, 0.15) is 22.2 Å². The second-order valence-electron chi connectivity index (χ2n) is 3.81. The first kappa shape index (κ1) is 13.3. The third-order valence-electron chi connectivity index (χ3n) is 2.58. The van der Waals surface area contributed by atoms with E-state index in [9.17, 15) is 4.79 Å². The van der Waals surface area contributed by atoms with Crippen molar-refractivity contribution in [2.45, 2.75) is 13.8 Å². The van der Waals surface area contributed by atoms with Gasteiger partial charge in [-0.15, -0.1) is 11.3 Å². The van der Waals surface area contributed by atoms with Gasteiger partial charge in [-0.05, 0) is 31.5 Å². The highest BCUT2D eigenvalue weighted by Crippen LogP contribution is 2.34. The maximum Gasteiger partial charge on any atom is 0.339 e. The van der Waals surface area contributed by atoms with E-state index in [1.165, 1.54) is 0 Å². The van der Waals surface area contributed by atoms with Crippen LogP contribution in [-0.4, -0.2) is 12.6 Å². The number of hydrogen-bond donors (Lipinski definition) is 0. The summed E-state index contributed by atoms with van der Waals surface area (Å²) in [4.78, 5) is 13.0. The summed E-state index contributed by atoms with van der Waals surface area (Å²) < 4.78 is 6.09. The molecule has 0 amide bonds. The molecule has 0 aliphatic heterocycles. The Balaban J connectivity index is 2.50. The van der Waals surface area contributed by atoms with Gasteiger partial charge in [0.2, 0.25) is 0 Å². The number of carbonyl (C=O) groups excluding carboxylic acids is 1. The van der Waals surface area contributed by atoms with Crippen LogP contribution in [0.25, 0.3) is 11.1 Å². The topological polar surface area (TPSA) is 26.3 Å². The van der Waals surface area contributed by atoms with Gasteiger partial charge in [0.25, 0.3) is 0 Å². The highest BCUT2D eigenvalue weighted by Gasteiger charge is 2.18. The summed E-state index contributed by atoms with van der Waals surface area (Å²) in [6.07, 6.45) is 0. The molecule has 2 nitrogen and oxygen atoms in total. The minimum atomic E-state index is -0.253. The number of hydrogen-bond acceptors (Lipinski definition) is 3. The summed E-state index contributed by atoms with van der Waals surface area (Å²) in [5, 5.41) is 1.86. The van der Waals surface area contributed by atoms with Crippen molar-refractivity contribution in [3.05, 3.63) is 44.6 Å². The molecule has 94 valence electrons. The van der Waals surface area contributed by atoms with E-state index >= 15 is 0 Å². The molecule has 1 heterocycles. The largest absolute Gasteiger partial charge is 0.462 e. The minimum absolute atomic E-state index is 0.253. The van der Waals surface area contributed by atoms with Gasteiger partial charge in [0.05, 0.1) is 12.2 Å². The Morgan fingerprint density at radius 2 is 2.22 bits per heavy atom. The first-order valence-electron chi connectivity index (χ1n) is 5.64. The molecule has 0 unspecified atom stereocenters. The van der Waals surface area contributed by atoms with Gasteiger partial charge in [-0.2, -0.15) is 0 Å². The Hall–Kier alpha value is -1.13. The summed E-state index contributed by atoms with van der Waals surface area (Å²) in [5.41, 5.74) is 2.66. The standard InChI is InChI=1S/C14H13BrO2S/c1-3-17-14(16)12-8-18-9(2)13(12)10-5-4-6-11(15)7-10/h4-8H,3H2,1-2H3. The predicted molar refractivity (Wildman–Crippen MR) is 78.1 cm³/mol. The number of rotatable bonds is 3. The van der Waals surface area contributed by atoms with Gasteiger partial charge in [0, 0.05) is 20.3 Å². The Bertz CT molecular complexity index is 575. The number of esters is 1. The van der Waals surface area contributed by atoms with Crippen LogP contribution in [0.2, 0.25) is 0 Å². The fourth-order valence-electron chi connectivity index (χ4n) is 1.82. The first-order valence-corrected chi connectivity index (χ1v) is 7.32. The maximum absolute atomic E-state index is 11.9. The summed E-state index contributed by atoms with van der Waals surface area (Å²) in [6, 6.07) is 7.95. The number of thiophene rings is 1. The van der Waals surface area contributed by atoms with Gasteiger partial charge in [-0.3, -0.25) is 0 Å². The van der Waals surface area contributed by atoms with Crippen LogP contribution in [0, 0.1) is 6.92 Å². The molecule has 0 radical (unpaired) electrons. The third kappa shape index (κ3) is 2.65. The number of aryl methyl sites for hydroxylation is 1. The Labute approximate surface area is 119 Å². The molecule has 0 aliphatic carbocycles. The second-order valence-corrected chi connectivity index (χ2v) is 5.81. The zero-order valence-corrected chi connectivity index (χ0v) is 12.6. The van der Waals surface area contributed by atoms with E-state index < -0.39 is 0 Å². The lowest BCUT2D eigenvalue weighted by Crippen LogP contribution is -2.04. The van der Waals surface area contributed by atoms with Crippen molar-refractivity contribution >= 4 is 33.2 Å². The van der Waals surface area contributed by atoms with Crippen LogP contribution in [-0.2, 0) is 4.74 Å². The first-order chi connectivity index (χ1) is 8.63. The van der Waals surface area contributed by atoms with E-state index in [4.69, 9.17) is 4.74 Å². The Morgan fingerprint density at radius 3 is 2.89 bits per heavy atom. The fraction of sp³-hybridized carbons (Fsp3) is 0.214. The van der Waals surface area contributed by atoms with E-state index in [1.807, 2.05) is 43.5 Å². The van der Waals surface area contributed by atoms with Gasteiger partial charge >= 0.3 is 5.97 Å². The molecule has 0 spiro atoms. The van der Waals surface area contributed by atoms with E-state index in [1.54, 1.807) is 11.3 Å². The number of halogens is 1. The molecular weight excluding hydrogens is 312 g/mol. The average Bonchev–Trinajstić information content (AvgIpc) is 2.71. The smallest absolute Gasteiger partial charge is 0.339 e. The lowest BCUT2D eigenvalue weighted by Gasteiger charge is -2.06. The van der Waals surface area contributed by atoms with E-state index in [0.29, 0.717) is 12.2 Å². The van der Waals surface area contributed by atoms with Crippen molar-refractivity contribution < 1.29 is 9.53 Å². The third-order valence-corrected chi connectivity index (χ3v) is 3.99. The van der Waals surface area contributed by atoms with Gasteiger partial charge in [-0.1, -0.05) is 28.1 Å². The van der Waals surface area contributed by atoms with Crippen LogP contribution in [0.3, 0.4) is 0 Å². The van der Waals surface area contributed by atoms with Crippen LogP contribution >= 0.6 is 27.3 Å². The zero-order chi connectivity index (χ0) is 13.1.